The normalized spacial score (nSPS) is 16.8. The first-order valence-electron chi connectivity index (χ1n) is 16.2. The van der Waals surface area contributed by atoms with Crippen molar-refractivity contribution >= 4 is 34.5 Å². The maximum Gasteiger partial charge on any atom is 0.433 e. The number of allylic oxidation sites excluding steroid dienone is 1. The Hall–Kier alpha value is -5.32. The van der Waals surface area contributed by atoms with Crippen LogP contribution >= 0.6 is 0 Å². The molecule has 1 atom stereocenters. The van der Waals surface area contributed by atoms with Crippen LogP contribution in [0.25, 0.3) is 11.4 Å². The second-order valence-electron chi connectivity index (χ2n) is 12.1. The minimum Gasteiger partial charge on any atom is -0.505 e. The number of aromatic nitrogens is 6. The van der Waals surface area contributed by atoms with E-state index in [4.69, 9.17) is 9.72 Å². The number of aryl methyl sites for hydroxylation is 1. The number of piperazine rings is 1. The van der Waals surface area contributed by atoms with Crippen molar-refractivity contribution in [1.29, 1.82) is 0 Å². The molecule has 5 heterocycles. The molecule has 1 aliphatic heterocycles. The number of hydrogen-bond donors (Lipinski definition) is 2. The van der Waals surface area contributed by atoms with E-state index in [1.54, 1.807) is 16.6 Å². The maximum absolute atomic E-state index is 14.2. The minimum atomic E-state index is -4.64. The summed E-state index contributed by atoms with van der Waals surface area (Å²) in [6, 6.07) is 4.86. The number of carbonyl (C=O) groups excluding carboxylic acids is 2. The summed E-state index contributed by atoms with van der Waals surface area (Å²) in [6.45, 7) is 3.86. The van der Waals surface area contributed by atoms with Gasteiger partial charge in [0.1, 0.15) is 23.7 Å². The molecule has 0 radical (unpaired) electrons. The van der Waals surface area contributed by atoms with Gasteiger partial charge < -0.3 is 29.5 Å². The molecule has 0 aromatic carbocycles. The van der Waals surface area contributed by atoms with Crippen molar-refractivity contribution in [3.05, 3.63) is 75.5 Å². The van der Waals surface area contributed by atoms with Crippen molar-refractivity contribution in [2.75, 3.05) is 43.5 Å². The molecule has 2 N–H and O–H groups in total. The number of anilines is 2. The van der Waals surface area contributed by atoms with Crippen LogP contribution in [0, 0.1) is 6.92 Å². The van der Waals surface area contributed by atoms with Gasteiger partial charge in [-0.3, -0.25) is 14.4 Å². The van der Waals surface area contributed by atoms with E-state index in [1.807, 2.05) is 17.9 Å². The summed E-state index contributed by atoms with van der Waals surface area (Å²) in [5.74, 6) is -0.755. The molecule has 2 aliphatic rings. The maximum atomic E-state index is 14.2. The SMILES string of the molecule is CCc1c(N2CCN(C(=O)c3ncccc3O)CC2)c(=O)n2nc(C3=CC[C@H](OC)CC3)nc2n1CC(=O)Nc1ccc(C(F)(F)F)nc1C. The fourth-order valence-electron chi connectivity index (χ4n) is 6.32. The smallest absolute Gasteiger partial charge is 0.433 e. The number of amides is 2. The Morgan fingerprint density at radius 2 is 1.88 bits per heavy atom. The number of ether oxygens (including phenoxy) is 1. The van der Waals surface area contributed by atoms with Gasteiger partial charge in [-0.1, -0.05) is 13.0 Å². The molecular formula is C33H36F3N9O5. The molecule has 0 spiro atoms. The number of halogens is 3. The first-order chi connectivity index (χ1) is 23.9. The molecular weight excluding hydrogens is 659 g/mol. The highest BCUT2D eigenvalue weighted by molar-refractivity contribution is 5.95. The van der Waals surface area contributed by atoms with Crippen LogP contribution in [-0.2, 0) is 28.7 Å². The molecule has 2 amide bonds. The fraction of sp³-hybridized carbons (Fsp3) is 0.424. The van der Waals surface area contributed by atoms with Crippen LogP contribution in [0.1, 0.15) is 59.6 Å². The Balaban J connectivity index is 1.35. The highest BCUT2D eigenvalue weighted by atomic mass is 19.4. The third kappa shape index (κ3) is 6.77. The number of nitrogens with zero attached hydrogens (tertiary/aromatic N) is 8. The Morgan fingerprint density at radius 1 is 1.12 bits per heavy atom. The molecule has 0 saturated carbocycles. The number of carbonyl (C=O) groups is 2. The van der Waals surface area contributed by atoms with Gasteiger partial charge in [-0.05, 0) is 62.4 Å². The van der Waals surface area contributed by atoms with Crippen molar-refractivity contribution in [3.63, 3.8) is 0 Å². The van der Waals surface area contributed by atoms with Crippen LogP contribution < -0.4 is 15.8 Å². The lowest BCUT2D eigenvalue weighted by molar-refractivity contribution is -0.141. The van der Waals surface area contributed by atoms with Crippen molar-refractivity contribution in [3.8, 4) is 5.75 Å². The zero-order chi connectivity index (χ0) is 35.7. The van der Waals surface area contributed by atoms with Gasteiger partial charge in [0.25, 0.3) is 11.5 Å². The van der Waals surface area contributed by atoms with Crippen molar-refractivity contribution in [1.82, 2.24) is 34.0 Å². The van der Waals surface area contributed by atoms with Gasteiger partial charge in [-0.25, -0.2) is 9.97 Å². The van der Waals surface area contributed by atoms with E-state index in [2.05, 4.69) is 20.4 Å². The average molecular weight is 696 g/mol. The molecule has 4 aromatic rings. The molecule has 1 fully saturated rings. The number of pyridine rings is 2. The molecule has 0 unspecified atom stereocenters. The van der Waals surface area contributed by atoms with Crippen LogP contribution in [-0.4, -0.2) is 90.3 Å². The monoisotopic (exact) mass is 695 g/mol. The van der Waals surface area contributed by atoms with Gasteiger partial charge in [-0.2, -0.15) is 22.7 Å². The predicted molar refractivity (Wildman–Crippen MR) is 176 cm³/mol. The van der Waals surface area contributed by atoms with E-state index in [0.29, 0.717) is 36.5 Å². The number of alkyl halides is 3. The van der Waals surface area contributed by atoms with E-state index >= 15 is 0 Å². The third-order valence-corrected chi connectivity index (χ3v) is 8.97. The summed E-state index contributed by atoms with van der Waals surface area (Å²) in [6.07, 6.45) is 1.17. The topological polar surface area (TPSA) is 160 Å². The second kappa shape index (κ2) is 13.9. The van der Waals surface area contributed by atoms with Crippen LogP contribution in [0.15, 0.2) is 41.3 Å². The lowest BCUT2D eigenvalue weighted by Gasteiger charge is -2.36. The van der Waals surface area contributed by atoms with E-state index < -0.39 is 29.2 Å². The molecule has 50 heavy (non-hydrogen) atoms. The zero-order valence-corrected chi connectivity index (χ0v) is 27.7. The van der Waals surface area contributed by atoms with Crippen LogP contribution in [0.2, 0.25) is 0 Å². The molecule has 17 heteroatoms. The fourth-order valence-corrected chi connectivity index (χ4v) is 6.32. The van der Waals surface area contributed by atoms with Crippen molar-refractivity contribution in [2.45, 2.75) is 58.4 Å². The molecule has 264 valence electrons. The Morgan fingerprint density at radius 3 is 2.50 bits per heavy atom. The number of fused-ring (bicyclic) bond motifs is 1. The number of rotatable bonds is 8. The molecule has 6 rings (SSSR count). The van der Waals surface area contributed by atoms with Gasteiger partial charge in [-0.15, -0.1) is 5.10 Å². The predicted octanol–water partition coefficient (Wildman–Crippen LogP) is 3.46. The number of hydrogen-bond acceptors (Lipinski definition) is 10. The van der Waals surface area contributed by atoms with E-state index in [-0.39, 0.29) is 67.4 Å². The molecule has 1 aliphatic carbocycles. The number of aromatic hydroxyl groups is 1. The average Bonchev–Trinajstić information content (AvgIpc) is 3.56. The summed E-state index contributed by atoms with van der Waals surface area (Å²) in [5.41, 5.74) is 0.157. The number of methoxy groups -OCH3 is 1. The van der Waals surface area contributed by atoms with Crippen LogP contribution in [0.5, 0.6) is 5.75 Å². The van der Waals surface area contributed by atoms with Gasteiger partial charge in [0.05, 0.1) is 23.2 Å². The lowest BCUT2D eigenvalue weighted by atomic mass is 9.97. The Kier molecular flexibility index (Phi) is 9.60. The van der Waals surface area contributed by atoms with Crippen LogP contribution in [0.3, 0.4) is 0 Å². The summed E-state index contributed by atoms with van der Waals surface area (Å²) >= 11 is 0. The van der Waals surface area contributed by atoms with Gasteiger partial charge in [0, 0.05) is 39.5 Å². The standard InChI is InChI=1S/C33H36F3N9O5/c1-4-23-28(42-14-16-43(17-15-42)30(48)27-24(46)6-5-13-37-27)31(49)45-32(40-29(41-45)20-7-9-21(50-3)10-8-20)44(23)18-26(47)39-22-11-12-25(33(34,35)36)38-19(22)2/h5-7,11-13,21,46H,4,8-10,14-18H2,1-3H3,(H,39,47)/t21-/m0/s1. The lowest BCUT2D eigenvalue weighted by Crippen LogP contribution is -2.51. The molecule has 4 aromatic heterocycles. The highest BCUT2D eigenvalue weighted by Crippen LogP contribution is 2.30. The summed E-state index contributed by atoms with van der Waals surface area (Å²) in [4.78, 5) is 56.6. The van der Waals surface area contributed by atoms with E-state index in [9.17, 15) is 32.7 Å². The summed E-state index contributed by atoms with van der Waals surface area (Å²) in [5, 5.41) is 17.4. The molecule has 14 nitrogen and oxygen atoms in total. The Bertz CT molecular complexity index is 2030. The molecule has 0 bridgehead atoms. The minimum absolute atomic E-state index is 0.00978. The quantitative estimate of drug-likeness (QED) is 0.280. The second-order valence-corrected chi connectivity index (χ2v) is 12.1. The van der Waals surface area contributed by atoms with E-state index in [0.717, 1.165) is 24.1 Å². The van der Waals surface area contributed by atoms with Gasteiger partial charge in [0.2, 0.25) is 11.7 Å². The van der Waals surface area contributed by atoms with Crippen molar-refractivity contribution < 1.29 is 32.6 Å². The first-order valence-corrected chi connectivity index (χ1v) is 16.2. The van der Waals surface area contributed by atoms with E-state index in [1.165, 1.54) is 29.8 Å². The summed E-state index contributed by atoms with van der Waals surface area (Å²) < 4.78 is 47.8. The van der Waals surface area contributed by atoms with Crippen molar-refractivity contribution in [2.24, 2.45) is 0 Å². The largest absolute Gasteiger partial charge is 0.505 e. The third-order valence-electron chi connectivity index (χ3n) is 8.97. The Labute approximate surface area is 284 Å². The first kappa shape index (κ1) is 34.5. The van der Waals surface area contributed by atoms with Crippen LogP contribution in [0.4, 0.5) is 24.5 Å². The van der Waals surface area contributed by atoms with Gasteiger partial charge >= 0.3 is 6.18 Å². The highest BCUT2D eigenvalue weighted by Gasteiger charge is 2.33. The molecule has 1 saturated heterocycles. The van der Waals surface area contributed by atoms with Gasteiger partial charge in [0.15, 0.2) is 11.5 Å². The summed E-state index contributed by atoms with van der Waals surface area (Å²) in [7, 11) is 1.65. The zero-order valence-electron chi connectivity index (χ0n) is 27.7. The number of nitrogens with one attached hydrogen (secondary N) is 1.